The van der Waals surface area contributed by atoms with Crippen molar-refractivity contribution in [1.29, 1.82) is 0 Å². The molecule has 0 amide bonds. The van der Waals surface area contributed by atoms with Crippen LogP contribution in [0.5, 0.6) is 0 Å². The van der Waals surface area contributed by atoms with Gasteiger partial charge in [-0.1, -0.05) is 26.0 Å². The van der Waals surface area contributed by atoms with E-state index in [4.69, 9.17) is 5.84 Å². The van der Waals surface area contributed by atoms with Gasteiger partial charge in [-0.15, -0.1) is 0 Å². The number of aryl methyl sites for hydroxylation is 1. The molecular weight excluding hydrogens is 242 g/mol. The van der Waals surface area contributed by atoms with Gasteiger partial charge >= 0.3 is 0 Å². The normalized spacial score (nSPS) is 13.1. The monoisotopic (exact) mass is 260 g/mol. The zero-order chi connectivity index (χ0) is 13.0. The molecule has 96 valence electrons. The topological polar surface area (TPSA) is 38.0 Å². The van der Waals surface area contributed by atoms with Crippen molar-refractivity contribution in [2.75, 3.05) is 5.75 Å². The molecule has 1 unspecified atom stereocenters. The SMILES string of the molecule is Cc1ccc(C(CSC(C)C)NN)c(F)c1F. The number of nitrogens with one attached hydrogen (secondary N) is 1. The van der Waals surface area contributed by atoms with Gasteiger partial charge in [0.05, 0.1) is 6.04 Å². The molecule has 17 heavy (non-hydrogen) atoms. The molecular formula is C12H18F2N2S. The highest BCUT2D eigenvalue weighted by atomic mass is 32.2. The summed E-state index contributed by atoms with van der Waals surface area (Å²) in [6.07, 6.45) is 0. The van der Waals surface area contributed by atoms with E-state index in [9.17, 15) is 8.78 Å². The molecule has 0 aliphatic rings. The molecule has 0 radical (unpaired) electrons. The van der Waals surface area contributed by atoms with Crippen LogP contribution in [-0.4, -0.2) is 11.0 Å². The summed E-state index contributed by atoms with van der Waals surface area (Å²) in [7, 11) is 0. The lowest BCUT2D eigenvalue weighted by atomic mass is 10.1. The molecule has 0 fully saturated rings. The molecule has 3 N–H and O–H groups in total. The van der Waals surface area contributed by atoms with Gasteiger partial charge in [-0.25, -0.2) is 8.78 Å². The van der Waals surface area contributed by atoms with Crippen molar-refractivity contribution in [2.45, 2.75) is 32.1 Å². The van der Waals surface area contributed by atoms with E-state index in [0.717, 1.165) is 0 Å². The molecule has 1 rings (SSSR count). The first-order chi connectivity index (χ1) is 7.97. The first kappa shape index (κ1) is 14.4. The zero-order valence-electron chi connectivity index (χ0n) is 10.3. The Hall–Kier alpha value is -0.650. The minimum atomic E-state index is -0.808. The molecule has 0 aliphatic heterocycles. The summed E-state index contributed by atoms with van der Waals surface area (Å²) in [4.78, 5) is 0. The van der Waals surface area contributed by atoms with Crippen molar-refractivity contribution in [3.8, 4) is 0 Å². The molecule has 0 saturated carbocycles. The molecule has 1 aromatic carbocycles. The summed E-state index contributed by atoms with van der Waals surface area (Å²) < 4.78 is 27.2. The Bertz CT molecular complexity index is 383. The zero-order valence-corrected chi connectivity index (χ0v) is 11.1. The highest BCUT2D eigenvalue weighted by Crippen LogP contribution is 2.25. The van der Waals surface area contributed by atoms with Crippen molar-refractivity contribution in [2.24, 2.45) is 5.84 Å². The summed E-state index contributed by atoms with van der Waals surface area (Å²) in [6.45, 7) is 5.63. The van der Waals surface area contributed by atoms with Crippen LogP contribution in [0.4, 0.5) is 8.78 Å². The van der Waals surface area contributed by atoms with Gasteiger partial charge < -0.3 is 0 Å². The van der Waals surface area contributed by atoms with E-state index < -0.39 is 11.6 Å². The van der Waals surface area contributed by atoms with Crippen LogP contribution in [0.3, 0.4) is 0 Å². The fraction of sp³-hybridized carbons (Fsp3) is 0.500. The lowest BCUT2D eigenvalue weighted by Gasteiger charge is -2.18. The van der Waals surface area contributed by atoms with Gasteiger partial charge in [-0.2, -0.15) is 11.8 Å². The first-order valence-electron chi connectivity index (χ1n) is 5.49. The van der Waals surface area contributed by atoms with Gasteiger partial charge in [0.15, 0.2) is 11.6 Å². The lowest BCUT2D eigenvalue weighted by molar-refractivity contribution is 0.474. The van der Waals surface area contributed by atoms with Gasteiger partial charge in [0.2, 0.25) is 0 Å². The average molecular weight is 260 g/mol. The number of nitrogens with two attached hydrogens (primary N) is 1. The predicted molar refractivity (Wildman–Crippen MR) is 68.8 cm³/mol. The number of hydrogen-bond donors (Lipinski definition) is 2. The molecule has 0 aliphatic carbocycles. The van der Waals surface area contributed by atoms with Crippen LogP contribution < -0.4 is 11.3 Å². The fourth-order valence-corrected chi connectivity index (χ4v) is 2.30. The molecule has 0 bridgehead atoms. The van der Waals surface area contributed by atoms with E-state index in [-0.39, 0.29) is 11.6 Å². The standard InChI is InChI=1S/C12H18F2N2S/c1-7(2)17-6-10(16-15)9-5-4-8(3)11(13)12(9)14/h4-5,7,10,16H,6,15H2,1-3H3. The third-order valence-electron chi connectivity index (χ3n) is 2.48. The van der Waals surface area contributed by atoms with Crippen molar-refractivity contribution in [3.05, 3.63) is 34.9 Å². The quantitative estimate of drug-likeness (QED) is 0.631. The molecule has 0 saturated heterocycles. The van der Waals surface area contributed by atoms with Crippen LogP contribution in [0.1, 0.15) is 31.0 Å². The number of thioether (sulfide) groups is 1. The van der Waals surface area contributed by atoms with Crippen molar-refractivity contribution >= 4 is 11.8 Å². The van der Waals surface area contributed by atoms with Gasteiger partial charge in [-0.3, -0.25) is 11.3 Å². The Balaban J connectivity index is 2.92. The summed E-state index contributed by atoms with van der Waals surface area (Å²) in [6, 6.07) is 2.77. The maximum Gasteiger partial charge on any atom is 0.163 e. The molecule has 1 aromatic rings. The highest BCUT2D eigenvalue weighted by molar-refractivity contribution is 7.99. The number of rotatable bonds is 5. The number of hydrogen-bond acceptors (Lipinski definition) is 3. The van der Waals surface area contributed by atoms with Crippen LogP contribution in [0.2, 0.25) is 0 Å². The maximum atomic E-state index is 13.7. The summed E-state index contributed by atoms with van der Waals surface area (Å²) >= 11 is 1.65. The van der Waals surface area contributed by atoms with Crippen molar-refractivity contribution in [1.82, 2.24) is 5.43 Å². The minimum absolute atomic E-state index is 0.281. The molecule has 1 atom stereocenters. The van der Waals surface area contributed by atoms with Gasteiger partial charge in [-0.05, 0) is 17.7 Å². The molecule has 0 heterocycles. The Labute approximate surface area is 105 Å². The molecule has 0 aromatic heterocycles. The second-order valence-corrected chi connectivity index (χ2v) is 5.81. The summed E-state index contributed by atoms with van der Waals surface area (Å²) in [5, 5.41) is 0.421. The van der Waals surface area contributed by atoms with E-state index >= 15 is 0 Å². The van der Waals surface area contributed by atoms with Crippen LogP contribution in [0.15, 0.2) is 12.1 Å². The van der Waals surface area contributed by atoms with Crippen LogP contribution in [0.25, 0.3) is 0 Å². The Kier molecular flexibility index (Phi) is 5.36. The van der Waals surface area contributed by atoms with Crippen molar-refractivity contribution < 1.29 is 8.78 Å². The van der Waals surface area contributed by atoms with Gasteiger partial charge in [0, 0.05) is 11.3 Å². The van der Waals surface area contributed by atoms with Crippen LogP contribution >= 0.6 is 11.8 Å². The Morgan fingerprint density at radius 3 is 2.47 bits per heavy atom. The van der Waals surface area contributed by atoms with Gasteiger partial charge in [0.25, 0.3) is 0 Å². The number of hydrazine groups is 1. The first-order valence-corrected chi connectivity index (χ1v) is 6.54. The fourth-order valence-electron chi connectivity index (χ4n) is 1.45. The number of benzene rings is 1. The predicted octanol–water partition coefficient (Wildman–Crippen LogP) is 2.92. The molecule has 2 nitrogen and oxygen atoms in total. The number of halogens is 2. The Morgan fingerprint density at radius 1 is 1.29 bits per heavy atom. The molecule has 0 spiro atoms. The van der Waals surface area contributed by atoms with Crippen molar-refractivity contribution in [3.63, 3.8) is 0 Å². The van der Waals surface area contributed by atoms with Crippen LogP contribution in [-0.2, 0) is 0 Å². The van der Waals surface area contributed by atoms with Crippen LogP contribution in [0, 0.1) is 18.6 Å². The summed E-state index contributed by atoms with van der Waals surface area (Å²) in [5.41, 5.74) is 3.12. The van der Waals surface area contributed by atoms with E-state index in [2.05, 4.69) is 5.43 Å². The highest BCUT2D eigenvalue weighted by Gasteiger charge is 2.19. The maximum absolute atomic E-state index is 13.7. The lowest BCUT2D eigenvalue weighted by Crippen LogP contribution is -2.31. The van der Waals surface area contributed by atoms with Gasteiger partial charge in [0.1, 0.15) is 0 Å². The van der Waals surface area contributed by atoms with E-state index in [0.29, 0.717) is 16.6 Å². The smallest absolute Gasteiger partial charge is 0.163 e. The molecule has 5 heteroatoms. The minimum Gasteiger partial charge on any atom is -0.271 e. The summed E-state index contributed by atoms with van der Waals surface area (Å²) in [5.74, 6) is 4.40. The van der Waals surface area contributed by atoms with E-state index in [1.807, 2.05) is 13.8 Å². The van der Waals surface area contributed by atoms with E-state index in [1.165, 1.54) is 6.92 Å². The second kappa shape index (κ2) is 6.33. The largest absolute Gasteiger partial charge is 0.271 e. The third-order valence-corrected chi connectivity index (χ3v) is 3.67. The third kappa shape index (κ3) is 3.66. The Morgan fingerprint density at radius 2 is 1.94 bits per heavy atom. The second-order valence-electron chi connectivity index (χ2n) is 4.20. The van der Waals surface area contributed by atoms with E-state index in [1.54, 1.807) is 23.9 Å². The average Bonchev–Trinajstić information content (AvgIpc) is 2.29.